The second kappa shape index (κ2) is 4.41. The van der Waals surface area contributed by atoms with Crippen molar-refractivity contribution in [3.05, 3.63) is 24.5 Å². The Labute approximate surface area is 91.5 Å². The van der Waals surface area contributed by atoms with E-state index in [0.717, 1.165) is 0 Å². The Morgan fingerprint density at radius 2 is 2.25 bits per heavy atom. The van der Waals surface area contributed by atoms with E-state index in [1.54, 1.807) is 0 Å². The van der Waals surface area contributed by atoms with Gasteiger partial charge in [-0.3, -0.25) is 10.2 Å². The van der Waals surface area contributed by atoms with E-state index in [4.69, 9.17) is 0 Å². The summed E-state index contributed by atoms with van der Waals surface area (Å²) >= 11 is 0. The molecule has 0 amide bonds. The van der Waals surface area contributed by atoms with Crippen LogP contribution in [-0.4, -0.2) is 40.3 Å². The molecule has 2 aromatic heterocycles. The van der Waals surface area contributed by atoms with Crippen molar-refractivity contribution in [1.82, 2.24) is 30.1 Å². The Kier molecular flexibility index (Phi) is 2.97. The van der Waals surface area contributed by atoms with Crippen LogP contribution in [0.3, 0.4) is 0 Å². The SMILES string of the molecule is O=S(=O)(NCCc1ncn[nH]1)c1cn[nH]c1. The van der Waals surface area contributed by atoms with Crippen LogP contribution in [-0.2, 0) is 16.4 Å². The zero-order valence-corrected chi connectivity index (χ0v) is 9.03. The minimum Gasteiger partial charge on any atom is -0.284 e. The highest BCUT2D eigenvalue weighted by Gasteiger charge is 2.14. The first-order valence-electron chi connectivity index (χ1n) is 4.51. The lowest BCUT2D eigenvalue weighted by molar-refractivity contribution is 0.581. The molecule has 0 aliphatic heterocycles. The van der Waals surface area contributed by atoms with Gasteiger partial charge in [0.2, 0.25) is 10.0 Å². The third kappa shape index (κ3) is 2.44. The minimum atomic E-state index is -3.48. The van der Waals surface area contributed by atoms with Gasteiger partial charge in [-0.2, -0.15) is 10.2 Å². The maximum Gasteiger partial charge on any atom is 0.243 e. The summed E-state index contributed by atoms with van der Waals surface area (Å²) in [7, 11) is -3.48. The van der Waals surface area contributed by atoms with Crippen LogP contribution < -0.4 is 4.72 Å². The van der Waals surface area contributed by atoms with Gasteiger partial charge in [-0.15, -0.1) is 0 Å². The van der Waals surface area contributed by atoms with Gasteiger partial charge in [0.05, 0.1) is 6.20 Å². The summed E-state index contributed by atoms with van der Waals surface area (Å²) < 4.78 is 25.6. The lowest BCUT2D eigenvalue weighted by Gasteiger charge is -2.02. The first-order valence-corrected chi connectivity index (χ1v) is 5.99. The predicted octanol–water partition coefficient (Wildman–Crippen LogP) is -0.951. The van der Waals surface area contributed by atoms with Crippen LogP contribution >= 0.6 is 0 Å². The van der Waals surface area contributed by atoms with Crippen molar-refractivity contribution in [3.8, 4) is 0 Å². The van der Waals surface area contributed by atoms with Crippen molar-refractivity contribution in [1.29, 1.82) is 0 Å². The van der Waals surface area contributed by atoms with E-state index in [1.165, 1.54) is 18.7 Å². The fraction of sp³-hybridized carbons (Fsp3) is 0.286. The van der Waals surface area contributed by atoms with Crippen LogP contribution in [0.4, 0.5) is 0 Å². The zero-order valence-electron chi connectivity index (χ0n) is 8.21. The molecular weight excluding hydrogens is 232 g/mol. The molecule has 0 fully saturated rings. The van der Waals surface area contributed by atoms with Crippen LogP contribution in [0.5, 0.6) is 0 Å². The third-order valence-corrected chi connectivity index (χ3v) is 3.33. The molecule has 0 saturated carbocycles. The van der Waals surface area contributed by atoms with Gasteiger partial charge in [-0.1, -0.05) is 0 Å². The molecule has 0 spiro atoms. The molecular formula is C7H10N6O2S. The van der Waals surface area contributed by atoms with Gasteiger partial charge < -0.3 is 0 Å². The van der Waals surface area contributed by atoms with E-state index >= 15 is 0 Å². The highest BCUT2D eigenvalue weighted by atomic mass is 32.2. The molecule has 2 heterocycles. The van der Waals surface area contributed by atoms with Gasteiger partial charge in [0, 0.05) is 19.2 Å². The molecule has 0 aliphatic rings. The Bertz CT molecular complexity index is 517. The number of nitrogens with zero attached hydrogens (tertiary/aromatic N) is 3. The molecule has 8 nitrogen and oxygen atoms in total. The zero-order chi connectivity index (χ0) is 11.4. The van der Waals surface area contributed by atoms with Crippen molar-refractivity contribution in [3.63, 3.8) is 0 Å². The van der Waals surface area contributed by atoms with Gasteiger partial charge in [0.25, 0.3) is 0 Å². The quantitative estimate of drug-likeness (QED) is 0.625. The molecule has 0 aromatic carbocycles. The summed E-state index contributed by atoms with van der Waals surface area (Å²) in [6, 6.07) is 0. The maximum atomic E-state index is 11.6. The Morgan fingerprint density at radius 1 is 1.38 bits per heavy atom. The summed E-state index contributed by atoms with van der Waals surface area (Å²) in [4.78, 5) is 3.99. The molecule has 9 heteroatoms. The van der Waals surface area contributed by atoms with Crippen LogP contribution in [0.2, 0.25) is 0 Å². The molecule has 0 atom stereocenters. The van der Waals surface area contributed by atoms with E-state index in [2.05, 4.69) is 30.1 Å². The van der Waals surface area contributed by atoms with Gasteiger partial charge in [-0.25, -0.2) is 18.1 Å². The summed E-state index contributed by atoms with van der Waals surface area (Å²) in [6.07, 6.45) is 4.39. The fourth-order valence-corrected chi connectivity index (χ4v) is 2.06. The molecule has 16 heavy (non-hydrogen) atoms. The van der Waals surface area contributed by atoms with E-state index < -0.39 is 10.0 Å². The number of nitrogens with one attached hydrogen (secondary N) is 3. The number of aromatic nitrogens is 5. The molecule has 3 N–H and O–H groups in total. The average Bonchev–Trinajstić information content (AvgIpc) is 2.90. The van der Waals surface area contributed by atoms with Gasteiger partial charge >= 0.3 is 0 Å². The number of H-pyrrole nitrogens is 2. The second-order valence-electron chi connectivity index (χ2n) is 3.01. The van der Waals surface area contributed by atoms with Crippen molar-refractivity contribution in [2.24, 2.45) is 0 Å². The maximum absolute atomic E-state index is 11.6. The Morgan fingerprint density at radius 3 is 2.88 bits per heavy atom. The molecule has 0 unspecified atom stereocenters. The number of sulfonamides is 1. The van der Waals surface area contributed by atoms with Crippen LogP contribution in [0, 0.1) is 0 Å². The smallest absolute Gasteiger partial charge is 0.243 e. The largest absolute Gasteiger partial charge is 0.284 e. The van der Waals surface area contributed by atoms with Crippen LogP contribution in [0.15, 0.2) is 23.6 Å². The normalized spacial score (nSPS) is 11.8. The number of aromatic amines is 2. The predicted molar refractivity (Wildman–Crippen MR) is 53.9 cm³/mol. The molecule has 0 bridgehead atoms. The molecule has 86 valence electrons. The first-order chi connectivity index (χ1) is 7.68. The lowest BCUT2D eigenvalue weighted by atomic mass is 10.4. The molecule has 0 saturated heterocycles. The monoisotopic (exact) mass is 242 g/mol. The summed E-state index contributed by atoms with van der Waals surface area (Å²) in [6.45, 7) is 0.253. The Balaban J connectivity index is 1.91. The highest BCUT2D eigenvalue weighted by Crippen LogP contribution is 2.03. The van der Waals surface area contributed by atoms with Crippen molar-refractivity contribution in [2.45, 2.75) is 11.3 Å². The molecule has 2 rings (SSSR count). The van der Waals surface area contributed by atoms with Crippen molar-refractivity contribution in [2.75, 3.05) is 6.54 Å². The van der Waals surface area contributed by atoms with E-state index in [0.29, 0.717) is 12.2 Å². The van der Waals surface area contributed by atoms with Gasteiger partial charge in [-0.05, 0) is 0 Å². The molecule has 2 aromatic rings. The number of hydrogen-bond donors (Lipinski definition) is 3. The topological polar surface area (TPSA) is 116 Å². The number of hydrogen-bond acceptors (Lipinski definition) is 5. The van der Waals surface area contributed by atoms with Gasteiger partial charge in [0.15, 0.2) is 0 Å². The van der Waals surface area contributed by atoms with Crippen molar-refractivity contribution < 1.29 is 8.42 Å². The Hall–Kier alpha value is -1.74. The summed E-state index contributed by atoms with van der Waals surface area (Å²) in [5, 5.41) is 12.3. The van der Waals surface area contributed by atoms with E-state index in [9.17, 15) is 8.42 Å². The summed E-state index contributed by atoms with van der Waals surface area (Å²) in [5.41, 5.74) is 0. The molecule has 0 radical (unpaired) electrons. The lowest BCUT2D eigenvalue weighted by Crippen LogP contribution is -2.25. The average molecular weight is 242 g/mol. The summed E-state index contributed by atoms with van der Waals surface area (Å²) in [5.74, 6) is 0.634. The van der Waals surface area contributed by atoms with Gasteiger partial charge in [0.1, 0.15) is 17.0 Å². The first kappa shape index (κ1) is 10.8. The van der Waals surface area contributed by atoms with Crippen LogP contribution in [0.25, 0.3) is 0 Å². The minimum absolute atomic E-state index is 0.116. The van der Waals surface area contributed by atoms with E-state index in [1.807, 2.05) is 0 Å². The third-order valence-electron chi connectivity index (χ3n) is 1.90. The standard InChI is InChI=1S/C7H10N6O2S/c14-16(15,6-3-9-10-4-6)12-2-1-7-8-5-11-13-7/h3-5,12H,1-2H2,(H,9,10)(H,8,11,13). The number of rotatable bonds is 5. The van der Waals surface area contributed by atoms with Crippen LogP contribution in [0.1, 0.15) is 5.82 Å². The highest BCUT2D eigenvalue weighted by molar-refractivity contribution is 7.89. The van der Waals surface area contributed by atoms with Crippen molar-refractivity contribution >= 4 is 10.0 Å². The fourth-order valence-electron chi connectivity index (χ4n) is 1.12. The molecule has 0 aliphatic carbocycles. The van der Waals surface area contributed by atoms with E-state index in [-0.39, 0.29) is 11.4 Å². The second-order valence-corrected chi connectivity index (χ2v) is 4.78.